The first-order valence-corrected chi connectivity index (χ1v) is 8.04. The first-order chi connectivity index (χ1) is 10.3. The Morgan fingerprint density at radius 2 is 2.00 bits per heavy atom. The van der Waals surface area contributed by atoms with E-state index in [-0.39, 0.29) is 18.9 Å². The molecule has 22 heavy (non-hydrogen) atoms. The average Bonchev–Trinajstić information content (AvgIpc) is 2.42. The van der Waals surface area contributed by atoms with Gasteiger partial charge in [0, 0.05) is 22.5 Å². The third kappa shape index (κ3) is 3.71. The lowest BCUT2D eigenvalue weighted by Crippen LogP contribution is -2.29. The number of para-hydroxylation sites is 1. The molecule has 1 aliphatic rings. The Morgan fingerprint density at radius 1 is 1.32 bits per heavy atom. The summed E-state index contributed by atoms with van der Waals surface area (Å²) in [6.45, 7) is 2.95. The number of aliphatic hydroxyl groups is 1. The van der Waals surface area contributed by atoms with Crippen LogP contribution >= 0.6 is 0 Å². The Bertz CT molecular complexity index is 766. The number of nitrogens with one attached hydrogen (secondary N) is 2. The molecule has 1 amide bonds. The van der Waals surface area contributed by atoms with Crippen molar-refractivity contribution in [1.29, 1.82) is 0 Å². The molecule has 0 fully saturated rings. The molecule has 0 atom stereocenters. The lowest BCUT2D eigenvalue weighted by molar-refractivity contribution is -0.115. The number of rotatable bonds is 4. The van der Waals surface area contributed by atoms with E-state index in [1.165, 1.54) is 0 Å². The molecule has 1 aromatic rings. The highest BCUT2D eigenvalue weighted by Gasteiger charge is 2.22. The van der Waals surface area contributed by atoms with E-state index in [2.05, 4.69) is 14.4 Å². The fourth-order valence-electron chi connectivity index (χ4n) is 2.18. The molecular formula is C14H17N3O4S. The van der Waals surface area contributed by atoms with Gasteiger partial charge < -0.3 is 10.4 Å². The van der Waals surface area contributed by atoms with E-state index in [1.54, 1.807) is 38.1 Å². The van der Waals surface area contributed by atoms with Crippen molar-refractivity contribution in [2.45, 2.75) is 26.9 Å². The number of amides is 1. The minimum atomic E-state index is -3.70. The highest BCUT2D eigenvalue weighted by atomic mass is 32.2. The molecule has 118 valence electrons. The van der Waals surface area contributed by atoms with E-state index in [0.29, 0.717) is 28.2 Å². The fourth-order valence-corrected chi connectivity index (χ4v) is 3.21. The summed E-state index contributed by atoms with van der Waals surface area (Å²) in [5, 5.41) is 11.9. The van der Waals surface area contributed by atoms with Crippen molar-refractivity contribution in [3.8, 4) is 0 Å². The molecule has 0 aromatic heterocycles. The van der Waals surface area contributed by atoms with Gasteiger partial charge in [-0.2, -0.15) is 8.42 Å². The van der Waals surface area contributed by atoms with Gasteiger partial charge in [0.1, 0.15) is 0 Å². The van der Waals surface area contributed by atoms with Gasteiger partial charge in [-0.15, -0.1) is 4.40 Å². The summed E-state index contributed by atoms with van der Waals surface area (Å²) in [6.07, 6.45) is -0.0105. The van der Waals surface area contributed by atoms with E-state index < -0.39 is 10.2 Å². The minimum Gasteiger partial charge on any atom is -0.392 e. The number of benzene rings is 1. The van der Waals surface area contributed by atoms with E-state index in [9.17, 15) is 18.3 Å². The van der Waals surface area contributed by atoms with Crippen LogP contribution in [0.5, 0.6) is 0 Å². The second kappa shape index (κ2) is 6.29. The van der Waals surface area contributed by atoms with E-state index in [1.807, 2.05) is 0 Å². The molecule has 8 heteroatoms. The number of aliphatic hydroxyl groups excluding tert-OH is 1. The van der Waals surface area contributed by atoms with Crippen molar-refractivity contribution in [2.75, 3.05) is 5.32 Å². The first kappa shape index (κ1) is 16.2. The Kier molecular flexibility index (Phi) is 4.62. The molecule has 0 unspecified atom stereocenters. The third-order valence-corrected chi connectivity index (χ3v) is 4.31. The molecule has 1 aliphatic heterocycles. The predicted octanol–water partition coefficient (Wildman–Crippen LogP) is 1.09. The van der Waals surface area contributed by atoms with Crippen LogP contribution < -0.4 is 10.0 Å². The van der Waals surface area contributed by atoms with Crippen LogP contribution in [0.25, 0.3) is 0 Å². The number of anilines is 1. The number of allylic oxidation sites excluding steroid dienone is 1. The highest BCUT2D eigenvalue weighted by molar-refractivity contribution is 7.88. The summed E-state index contributed by atoms with van der Waals surface area (Å²) in [7, 11) is -3.70. The van der Waals surface area contributed by atoms with Crippen LogP contribution in [0.2, 0.25) is 0 Å². The molecule has 3 N–H and O–H groups in total. The van der Waals surface area contributed by atoms with Crippen LogP contribution in [0, 0.1) is 0 Å². The maximum absolute atomic E-state index is 12.1. The van der Waals surface area contributed by atoms with Crippen LogP contribution in [0.4, 0.5) is 5.69 Å². The predicted molar refractivity (Wildman–Crippen MR) is 83.5 cm³/mol. The molecule has 2 rings (SSSR count). The average molecular weight is 323 g/mol. The summed E-state index contributed by atoms with van der Waals surface area (Å²) in [6, 6.07) is 6.91. The smallest absolute Gasteiger partial charge is 0.342 e. The third-order valence-electron chi connectivity index (χ3n) is 3.23. The van der Waals surface area contributed by atoms with E-state index in [0.717, 1.165) is 0 Å². The Morgan fingerprint density at radius 3 is 2.64 bits per heavy atom. The van der Waals surface area contributed by atoms with Gasteiger partial charge in [-0.25, -0.2) is 0 Å². The maximum atomic E-state index is 12.1. The zero-order chi connectivity index (χ0) is 16.3. The van der Waals surface area contributed by atoms with Crippen molar-refractivity contribution < 1.29 is 18.3 Å². The molecule has 0 radical (unpaired) electrons. The van der Waals surface area contributed by atoms with Gasteiger partial charge in [-0.3, -0.25) is 9.52 Å². The van der Waals surface area contributed by atoms with Crippen LogP contribution in [0.1, 0.15) is 25.8 Å². The lowest BCUT2D eigenvalue weighted by atomic mass is 10.1. The van der Waals surface area contributed by atoms with Crippen LogP contribution in [0.15, 0.2) is 39.9 Å². The van der Waals surface area contributed by atoms with Gasteiger partial charge in [0.15, 0.2) is 0 Å². The van der Waals surface area contributed by atoms with Crippen molar-refractivity contribution in [1.82, 2.24) is 4.72 Å². The molecule has 0 saturated heterocycles. The number of nitrogens with zero attached hydrogens (tertiary/aromatic N) is 1. The summed E-state index contributed by atoms with van der Waals surface area (Å²) in [5.41, 5.74) is 2.35. The van der Waals surface area contributed by atoms with Gasteiger partial charge >= 0.3 is 10.2 Å². The molecule has 1 heterocycles. The molecular weight excluding hydrogens is 306 g/mol. The fraction of sp³-hybridized carbons (Fsp3) is 0.286. The molecule has 0 spiro atoms. The van der Waals surface area contributed by atoms with Crippen LogP contribution in [0.3, 0.4) is 0 Å². The molecule has 0 saturated carbocycles. The second-order valence-electron chi connectivity index (χ2n) is 4.90. The highest BCUT2D eigenvalue weighted by Crippen LogP contribution is 2.19. The van der Waals surface area contributed by atoms with Gasteiger partial charge in [0.25, 0.3) is 0 Å². The van der Waals surface area contributed by atoms with Crippen molar-refractivity contribution >= 4 is 27.5 Å². The van der Waals surface area contributed by atoms with Crippen molar-refractivity contribution in [3.63, 3.8) is 0 Å². The molecule has 0 bridgehead atoms. The van der Waals surface area contributed by atoms with Gasteiger partial charge in [-0.1, -0.05) is 18.2 Å². The first-order valence-electron chi connectivity index (χ1n) is 6.60. The zero-order valence-electron chi connectivity index (χ0n) is 12.3. The number of hydrogen-bond acceptors (Lipinski definition) is 4. The maximum Gasteiger partial charge on any atom is 0.342 e. The van der Waals surface area contributed by atoms with Crippen LogP contribution in [-0.4, -0.2) is 25.1 Å². The molecule has 7 nitrogen and oxygen atoms in total. The monoisotopic (exact) mass is 323 g/mol. The lowest BCUT2D eigenvalue weighted by Gasteiger charge is -2.18. The largest absolute Gasteiger partial charge is 0.392 e. The molecule has 1 aromatic carbocycles. The standard InChI is InChI=1S/C14H17N3O4S/c1-9-12(10(2)17-22(20,21)16-9)7-14(19)15-13-6-4-3-5-11(13)8-18/h3-6,16,18H,7-8H2,1-2H3,(H,15,19). The quantitative estimate of drug-likeness (QED) is 0.770. The van der Waals surface area contributed by atoms with Crippen molar-refractivity contribution in [3.05, 3.63) is 41.1 Å². The topological polar surface area (TPSA) is 108 Å². The van der Waals surface area contributed by atoms with Gasteiger partial charge in [0.2, 0.25) is 5.91 Å². The normalized spacial score (nSPS) is 16.8. The second-order valence-corrected chi connectivity index (χ2v) is 6.23. The Hall–Kier alpha value is -2.19. The molecule has 0 aliphatic carbocycles. The zero-order valence-corrected chi connectivity index (χ0v) is 13.1. The van der Waals surface area contributed by atoms with Crippen molar-refractivity contribution in [2.24, 2.45) is 4.40 Å². The van der Waals surface area contributed by atoms with Gasteiger partial charge in [0.05, 0.1) is 18.7 Å². The summed E-state index contributed by atoms with van der Waals surface area (Å²) in [5.74, 6) is -0.314. The Balaban J connectivity index is 2.15. The number of hydrogen-bond donors (Lipinski definition) is 3. The minimum absolute atomic E-state index is 0.0105. The van der Waals surface area contributed by atoms with Crippen LogP contribution in [-0.2, 0) is 21.6 Å². The van der Waals surface area contributed by atoms with E-state index in [4.69, 9.17) is 0 Å². The summed E-state index contributed by atoms with van der Waals surface area (Å²) in [4.78, 5) is 12.1. The SMILES string of the molecule is CC1=NS(=O)(=O)NC(C)=C1CC(=O)Nc1ccccc1CO. The number of carbonyl (C=O) groups is 1. The van der Waals surface area contributed by atoms with E-state index >= 15 is 0 Å². The summed E-state index contributed by atoms with van der Waals surface area (Å²) >= 11 is 0. The summed E-state index contributed by atoms with van der Waals surface area (Å²) < 4.78 is 28.6. The Labute approximate surface area is 129 Å². The number of carbonyl (C=O) groups excluding carboxylic acids is 1. The van der Waals surface area contributed by atoms with Gasteiger partial charge in [-0.05, 0) is 19.9 Å².